The largest absolute Gasteiger partial charge is 0.323 e. The van der Waals surface area contributed by atoms with E-state index in [1.165, 1.54) is 12.1 Å². The van der Waals surface area contributed by atoms with Crippen molar-refractivity contribution in [3.05, 3.63) is 66.0 Å². The maximum absolute atomic E-state index is 12.0. The van der Waals surface area contributed by atoms with Gasteiger partial charge in [-0.2, -0.15) is 0 Å². The second kappa shape index (κ2) is 6.99. The van der Waals surface area contributed by atoms with Crippen LogP contribution in [0.25, 0.3) is 0 Å². The highest BCUT2D eigenvalue weighted by Crippen LogP contribution is 2.32. The Balaban J connectivity index is 2.20. The van der Waals surface area contributed by atoms with Gasteiger partial charge in [-0.3, -0.25) is 24.3 Å². The van der Waals surface area contributed by atoms with Crippen LogP contribution in [0.15, 0.2) is 35.3 Å². The molecule has 1 aromatic carbocycles. The van der Waals surface area contributed by atoms with Gasteiger partial charge in [0.25, 0.3) is 11.2 Å². The lowest BCUT2D eigenvalue weighted by molar-refractivity contribution is -0.385. The number of nitro groups is 1. The van der Waals surface area contributed by atoms with E-state index in [0.29, 0.717) is 0 Å². The van der Waals surface area contributed by atoms with Gasteiger partial charge < -0.3 is 5.32 Å². The number of pyridine rings is 1. The van der Waals surface area contributed by atoms with Crippen LogP contribution in [0.4, 0.5) is 11.4 Å². The van der Waals surface area contributed by atoms with Crippen LogP contribution in [0.1, 0.15) is 0 Å². The summed E-state index contributed by atoms with van der Waals surface area (Å²) in [6.07, 6.45) is 0.984. The average Bonchev–Trinajstić information content (AvgIpc) is 2.46. The van der Waals surface area contributed by atoms with Gasteiger partial charge in [0.1, 0.15) is 6.54 Å². The fourth-order valence-corrected chi connectivity index (χ4v) is 2.31. The Labute approximate surface area is 144 Å². The van der Waals surface area contributed by atoms with Crippen LogP contribution < -0.4 is 10.9 Å². The van der Waals surface area contributed by atoms with E-state index < -0.39 is 22.9 Å². The third-order valence-corrected chi connectivity index (χ3v) is 3.81. The number of rotatable bonds is 4. The second-order valence-electron chi connectivity index (χ2n) is 4.40. The van der Waals surface area contributed by atoms with Gasteiger partial charge in [0.05, 0.1) is 31.9 Å². The van der Waals surface area contributed by atoms with E-state index in [0.717, 1.165) is 22.9 Å². The number of benzene rings is 1. The highest BCUT2D eigenvalue weighted by molar-refractivity contribution is 6.44. The van der Waals surface area contributed by atoms with Gasteiger partial charge in [-0.1, -0.05) is 34.8 Å². The first kappa shape index (κ1) is 17.3. The predicted molar refractivity (Wildman–Crippen MR) is 87.5 cm³/mol. The van der Waals surface area contributed by atoms with Crippen LogP contribution >= 0.6 is 34.8 Å². The maximum Gasteiger partial charge on any atom is 0.285 e. The zero-order valence-corrected chi connectivity index (χ0v) is 13.5. The molecule has 2 rings (SSSR count). The summed E-state index contributed by atoms with van der Waals surface area (Å²) in [5.74, 6) is -0.604. The van der Waals surface area contributed by atoms with Crippen molar-refractivity contribution in [2.75, 3.05) is 5.32 Å². The van der Waals surface area contributed by atoms with Gasteiger partial charge in [0.15, 0.2) is 0 Å². The summed E-state index contributed by atoms with van der Waals surface area (Å²) in [5.41, 5.74) is -0.638. The zero-order chi connectivity index (χ0) is 17.1. The molecular formula is C13H8Cl3N3O4. The number of hydrogen-bond acceptors (Lipinski definition) is 4. The Hall–Kier alpha value is -2.09. The van der Waals surface area contributed by atoms with Gasteiger partial charge in [-0.15, -0.1) is 0 Å². The Morgan fingerprint density at radius 2 is 1.83 bits per heavy atom. The topological polar surface area (TPSA) is 94.2 Å². The summed E-state index contributed by atoms with van der Waals surface area (Å²) in [6.45, 7) is -0.420. The van der Waals surface area contributed by atoms with Crippen LogP contribution in [-0.2, 0) is 11.3 Å². The number of anilines is 1. The molecule has 0 bridgehead atoms. The van der Waals surface area contributed by atoms with Crippen molar-refractivity contribution in [3.8, 4) is 0 Å². The van der Waals surface area contributed by atoms with Crippen molar-refractivity contribution in [3.63, 3.8) is 0 Å². The van der Waals surface area contributed by atoms with Gasteiger partial charge in [-0.05, 0) is 12.1 Å². The van der Waals surface area contributed by atoms with Crippen molar-refractivity contribution < 1.29 is 9.72 Å². The summed E-state index contributed by atoms with van der Waals surface area (Å²) in [6, 6.07) is 4.80. The quantitative estimate of drug-likeness (QED) is 0.503. The minimum Gasteiger partial charge on any atom is -0.323 e. The number of nitrogens with one attached hydrogen (secondary N) is 1. The molecule has 120 valence electrons. The molecule has 1 aromatic heterocycles. The number of carbonyl (C=O) groups excluding carboxylic acids is 1. The van der Waals surface area contributed by atoms with Crippen LogP contribution in [0, 0.1) is 10.1 Å². The van der Waals surface area contributed by atoms with Gasteiger partial charge in [0, 0.05) is 12.1 Å². The Morgan fingerprint density at radius 1 is 1.17 bits per heavy atom. The van der Waals surface area contributed by atoms with Gasteiger partial charge in [-0.25, -0.2) is 0 Å². The Morgan fingerprint density at radius 3 is 2.48 bits per heavy atom. The molecule has 0 spiro atoms. The molecule has 0 aliphatic rings. The lowest BCUT2D eigenvalue weighted by atomic mass is 10.3. The molecule has 0 saturated carbocycles. The molecule has 7 nitrogen and oxygen atoms in total. The monoisotopic (exact) mass is 375 g/mol. The number of halogens is 3. The lowest BCUT2D eigenvalue weighted by Crippen LogP contribution is -2.27. The maximum atomic E-state index is 12.0. The van der Waals surface area contributed by atoms with Crippen molar-refractivity contribution in [2.45, 2.75) is 6.54 Å². The molecule has 0 aliphatic carbocycles. The predicted octanol–water partition coefficient (Wildman–Crippen LogP) is 3.36. The molecule has 0 aliphatic heterocycles. The van der Waals surface area contributed by atoms with Crippen LogP contribution in [0.5, 0.6) is 0 Å². The summed E-state index contributed by atoms with van der Waals surface area (Å²) < 4.78 is 0.916. The van der Waals surface area contributed by atoms with Gasteiger partial charge in [0.2, 0.25) is 5.91 Å². The molecule has 0 atom stereocenters. The van der Waals surface area contributed by atoms with Crippen LogP contribution in [0.3, 0.4) is 0 Å². The highest BCUT2D eigenvalue weighted by Gasteiger charge is 2.13. The van der Waals surface area contributed by atoms with E-state index in [4.69, 9.17) is 34.8 Å². The van der Waals surface area contributed by atoms with Gasteiger partial charge >= 0.3 is 0 Å². The Bertz CT molecular complexity index is 851. The van der Waals surface area contributed by atoms with Crippen LogP contribution in [-0.4, -0.2) is 15.4 Å². The molecule has 0 radical (unpaired) electrons. The third kappa shape index (κ3) is 4.22. The molecule has 1 heterocycles. The molecule has 0 fully saturated rings. The first-order valence-corrected chi connectivity index (χ1v) is 7.20. The van der Waals surface area contributed by atoms with E-state index in [1.54, 1.807) is 0 Å². The highest BCUT2D eigenvalue weighted by atomic mass is 35.5. The van der Waals surface area contributed by atoms with Crippen molar-refractivity contribution >= 4 is 52.1 Å². The first-order valence-electron chi connectivity index (χ1n) is 6.07. The van der Waals surface area contributed by atoms with Crippen molar-refractivity contribution in [1.29, 1.82) is 0 Å². The zero-order valence-electron chi connectivity index (χ0n) is 11.3. The van der Waals surface area contributed by atoms with E-state index in [1.807, 2.05) is 0 Å². The number of nitrogens with zero attached hydrogens (tertiary/aromatic N) is 2. The normalized spacial score (nSPS) is 10.4. The average molecular weight is 377 g/mol. The minimum absolute atomic E-state index is 0.166. The van der Waals surface area contributed by atoms with Crippen molar-refractivity contribution in [1.82, 2.24) is 4.57 Å². The van der Waals surface area contributed by atoms with E-state index in [-0.39, 0.29) is 26.4 Å². The fourth-order valence-electron chi connectivity index (χ4n) is 1.71. The smallest absolute Gasteiger partial charge is 0.285 e. The van der Waals surface area contributed by atoms with Crippen LogP contribution in [0.2, 0.25) is 15.1 Å². The minimum atomic E-state index is -0.663. The van der Waals surface area contributed by atoms with E-state index >= 15 is 0 Å². The second-order valence-corrected chi connectivity index (χ2v) is 5.63. The molecule has 1 amide bonds. The number of amides is 1. The van der Waals surface area contributed by atoms with E-state index in [2.05, 4.69) is 5.32 Å². The van der Waals surface area contributed by atoms with E-state index in [9.17, 15) is 19.7 Å². The number of carbonyl (C=O) groups is 1. The van der Waals surface area contributed by atoms with Crippen molar-refractivity contribution in [2.24, 2.45) is 0 Å². The molecule has 0 saturated heterocycles. The fraction of sp³-hybridized carbons (Fsp3) is 0.0769. The lowest BCUT2D eigenvalue weighted by Gasteiger charge is -2.10. The molecule has 2 aromatic rings. The molecule has 1 N–H and O–H groups in total. The standard InChI is InChI=1S/C13H8Cl3N3O4/c14-8-3-10(16)11(4-9(8)15)17-12(20)6-18-5-7(19(22)23)1-2-13(18)21/h1-5H,6H2,(H,17,20). The third-order valence-electron chi connectivity index (χ3n) is 2.78. The Kier molecular flexibility index (Phi) is 5.25. The number of hydrogen-bond donors (Lipinski definition) is 1. The summed E-state index contributed by atoms with van der Waals surface area (Å²) in [5, 5.41) is 13.7. The molecule has 0 unspecified atom stereocenters. The molecule has 23 heavy (non-hydrogen) atoms. The summed E-state index contributed by atoms with van der Waals surface area (Å²) >= 11 is 17.6. The molecule has 10 heteroatoms. The number of aromatic nitrogens is 1. The molecular weight excluding hydrogens is 369 g/mol. The summed E-state index contributed by atoms with van der Waals surface area (Å²) in [7, 11) is 0. The first-order chi connectivity index (χ1) is 10.8. The summed E-state index contributed by atoms with van der Waals surface area (Å²) in [4.78, 5) is 33.7. The SMILES string of the molecule is O=C(Cn1cc([N+](=O)[O-])ccc1=O)Nc1cc(Cl)c(Cl)cc1Cl.